The lowest BCUT2D eigenvalue weighted by molar-refractivity contribution is -0.00545. The Labute approximate surface area is 189 Å². The number of rotatable bonds is 7. The molecular weight excluding hydrogens is 410 g/mol. The largest absolute Gasteiger partial charge is 0.372 e. The molecule has 1 aliphatic heterocycles. The zero-order valence-electron chi connectivity index (χ0n) is 19.5. The quantitative estimate of drug-likeness (QED) is 0.492. The Morgan fingerprint density at radius 1 is 1.26 bits per heavy atom. The topological polar surface area (TPSA) is 78.8 Å². The van der Waals surface area contributed by atoms with Crippen LogP contribution in [0.5, 0.6) is 0 Å². The summed E-state index contributed by atoms with van der Waals surface area (Å²) in [5.74, 6) is 2.57. The van der Waals surface area contributed by atoms with E-state index in [1.165, 1.54) is 0 Å². The van der Waals surface area contributed by atoms with Gasteiger partial charge < -0.3 is 20.3 Å². The molecule has 1 aliphatic carbocycles. The Bertz CT molecular complexity index is 732. The van der Waals surface area contributed by atoms with Crippen molar-refractivity contribution in [3.8, 4) is 0 Å². The van der Waals surface area contributed by atoms with Crippen molar-refractivity contribution in [2.45, 2.75) is 83.4 Å². The summed E-state index contributed by atoms with van der Waals surface area (Å²) < 4.78 is 18.1. The lowest BCUT2D eigenvalue weighted by Crippen LogP contribution is -2.46. The summed E-state index contributed by atoms with van der Waals surface area (Å²) in [4.78, 5) is 11.7. The van der Waals surface area contributed by atoms with Gasteiger partial charge in [-0.15, -0.1) is 0 Å². The maximum atomic E-state index is 12.2. The van der Waals surface area contributed by atoms with Gasteiger partial charge in [0.1, 0.15) is 5.82 Å². The number of hydrogen-bond acceptors (Lipinski definition) is 5. The predicted octanol–water partition coefficient (Wildman–Crippen LogP) is 2.83. The molecule has 3 rings (SSSR count). The molecule has 8 heteroatoms. The highest BCUT2D eigenvalue weighted by molar-refractivity contribution is 7.85. The first-order valence-electron chi connectivity index (χ1n) is 11.8. The minimum Gasteiger partial charge on any atom is -0.372 e. The molecule has 5 unspecified atom stereocenters. The van der Waals surface area contributed by atoms with Crippen LogP contribution in [-0.4, -0.2) is 64.0 Å². The molecule has 1 saturated carbocycles. The molecule has 5 atom stereocenters. The van der Waals surface area contributed by atoms with Crippen molar-refractivity contribution in [2.24, 2.45) is 4.99 Å². The average Bonchev–Trinajstić information content (AvgIpc) is 2.77. The number of nitrogens with one attached hydrogen (secondary N) is 2. The van der Waals surface area contributed by atoms with E-state index in [0.717, 1.165) is 68.4 Å². The number of ether oxygens (including phenoxy) is 1. The van der Waals surface area contributed by atoms with Gasteiger partial charge in [0.15, 0.2) is 5.96 Å². The van der Waals surface area contributed by atoms with Crippen molar-refractivity contribution in [2.75, 3.05) is 30.3 Å². The van der Waals surface area contributed by atoms with Crippen LogP contribution in [0, 0.1) is 0 Å². The van der Waals surface area contributed by atoms with Crippen molar-refractivity contribution in [3.05, 3.63) is 23.9 Å². The standard InChI is InChI=1S/C23H39N5O2S/c1-5-24-23(27-20-8-7-9-21(12-20)31(29)6-2)26-14-19-10-11-22(25-13-19)28-15-17(3)30-18(4)16-28/h10-11,13,17-18,20-21H,5-9,12,14-16H2,1-4H3,(H2,24,26,27). The molecule has 2 N–H and O–H groups in total. The molecular formula is C23H39N5O2S. The number of hydrogen-bond donors (Lipinski definition) is 2. The smallest absolute Gasteiger partial charge is 0.191 e. The fourth-order valence-corrected chi connectivity index (χ4v) is 5.84. The second-order valence-corrected chi connectivity index (χ2v) is 10.7. The summed E-state index contributed by atoms with van der Waals surface area (Å²) in [6, 6.07) is 4.53. The zero-order chi connectivity index (χ0) is 22.2. The molecule has 0 bridgehead atoms. The van der Waals surface area contributed by atoms with Crippen molar-refractivity contribution in [3.63, 3.8) is 0 Å². The van der Waals surface area contributed by atoms with Crippen LogP contribution < -0.4 is 15.5 Å². The third-order valence-corrected chi connectivity index (χ3v) is 7.68. The monoisotopic (exact) mass is 449 g/mol. The highest BCUT2D eigenvalue weighted by atomic mass is 32.2. The minimum atomic E-state index is -0.716. The van der Waals surface area contributed by atoms with Crippen molar-refractivity contribution in [1.82, 2.24) is 15.6 Å². The van der Waals surface area contributed by atoms with Crippen LogP contribution in [0.2, 0.25) is 0 Å². The lowest BCUT2D eigenvalue weighted by atomic mass is 9.95. The lowest BCUT2D eigenvalue weighted by Gasteiger charge is -2.36. The summed E-state index contributed by atoms with van der Waals surface area (Å²) in [7, 11) is -0.716. The minimum absolute atomic E-state index is 0.220. The Balaban J connectivity index is 1.58. The molecule has 2 heterocycles. The molecule has 31 heavy (non-hydrogen) atoms. The van der Waals surface area contributed by atoms with Gasteiger partial charge in [0.2, 0.25) is 0 Å². The van der Waals surface area contributed by atoms with Crippen LogP contribution in [0.15, 0.2) is 23.3 Å². The van der Waals surface area contributed by atoms with E-state index in [1.807, 2.05) is 13.1 Å². The van der Waals surface area contributed by atoms with Crippen LogP contribution >= 0.6 is 0 Å². The Kier molecular flexibility index (Phi) is 9.14. The summed E-state index contributed by atoms with van der Waals surface area (Å²) in [5.41, 5.74) is 1.09. The fourth-order valence-electron chi connectivity index (χ4n) is 4.50. The van der Waals surface area contributed by atoms with E-state index in [0.29, 0.717) is 17.8 Å². The van der Waals surface area contributed by atoms with Gasteiger partial charge >= 0.3 is 0 Å². The Morgan fingerprint density at radius 2 is 2.03 bits per heavy atom. The number of anilines is 1. The van der Waals surface area contributed by atoms with E-state index in [4.69, 9.17) is 9.73 Å². The van der Waals surface area contributed by atoms with E-state index >= 15 is 0 Å². The molecule has 174 valence electrons. The maximum Gasteiger partial charge on any atom is 0.191 e. The number of aliphatic imine (C=N–C) groups is 1. The average molecular weight is 450 g/mol. The highest BCUT2D eigenvalue weighted by Crippen LogP contribution is 2.23. The van der Waals surface area contributed by atoms with E-state index < -0.39 is 10.8 Å². The second-order valence-electron chi connectivity index (χ2n) is 8.68. The normalized spacial score (nSPS) is 28.3. The van der Waals surface area contributed by atoms with E-state index in [9.17, 15) is 4.21 Å². The third-order valence-electron chi connectivity index (χ3n) is 5.94. The van der Waals surface area contributed by atoms with Crippen LogP contribution in [-0.2, 0) is 22.1 Å². The van der Waals surface area contributed by atoms with E-state index in [1.54, 1.807) is 0 Å². The molecule has 2 aliphatic rings. The highest BCUT2D eigenvalue weighted by Gasteiger charge is 2.26. The fraction of sp³-hybridized carbons (Fsp3) is 0.739. The third kappa shape index (κ3) is 7.17. The van der Waals surface area contributed by atoms with Crippen LogP contribution in [0.1, 0.15) is 58.9 Å². The SMILES string of the molecule is CCNC(=NCc1ccc(N2CC(C)OC(C)C2)nc1)NC1CCCC(S(=O)CC)C1. The molecule has 0 spiro atoms. The Morgan fingerprint density at radius 3 is 2.68 bits per heavy atom. The number of aromatic nitrogens is 1. The first kappa shape index (κ1) is 24.0. The van der Waals surface area contributed by atoms with Crippen molar-refractivity contribution in [1.29, 1.82) is 0 Å². The van der Waals surface area contributed by atoms with Gasteiger partial charge in [-0.05, 0) is 51.7 Å². The van der Waals surface area contributed by atoms with E-state index in [-0.39, 0.29) is 12.2 Å². The summed E-state index contributed by atoms with van der Waals surface area (Å²) in [6.07, 6.45) is 6.62. The molecule has 2 fully saturated rings. The van der Waals surface area contributed by atoms with E-state index in [2.05, 4.69) is 53.4 Å². The summed E-state index contributed by atoms with van der Waals surface area (Å²) in [6.45, 7) is 11.4. The molecule has 1 aromatic rings. The van der Waals surface area contributed by atoms with Crippen molar-refractivity contribution < 1.29 is 8.95 Å². The molecule has 7 nitrogen and oxygen atoms in total. The predicted molar refractivity (Wildman–Crippen MR) is 129 cm³/mol. The molecule has 0 amide bonds. The van der Waals surface area contributed by atoms with Crippen LogP contribution in [0.4, 0.5) is 5.82 Å². The molecule has 1 aromatic heterocycles. The van der Waals surface area contributed by atoms with Gasteiger partial charge in [-0.2, -0.15) is 0 Å². The maximum absolute atomic E-state index is 12.2. The van der Waals surface area contributed by atoms with Gasteiger partial charge in [-0.1, -0.05) is 19.4 Å². The molecule has 1 saturated heterocycles. The van der Waals surface area contributed by atoms with Crippen LogP contribution in [0.25, 0.3) is 0 Å². The van der Waals surface area contributed by atoms with Crippen molar-refractivity contribution >= 4 is 22.6 Å². The first-order chi connectivity index (χ1) is 15.0. The van der Waals surface area contributed by atoms with Gasteiger partial charge in [0.25, 0.3) is 0 Å². The molecule has 0 aromatic carbocycles. The number of morpholine rings is 1. The van der Waals surface area contributed by atoms with Gasteiger partial charge in [0.05, 0.1) is 18.8 Å². The first-order valence-corrected chi connectivity index (χ1v) is 13.1. The molecule has 0 radical (unpaired) electrons. The van der Waals surface area contributed by atoms with Crippen LogP contribution in [0.3, 0.4) is 0 Å². The summed E-state index contributed by atoms with van der Waals surface area (Å²) >= 11 is 0. The Hall–Kier alpha value is -1.67. The van der Waals surface area contributed by atoms with Gasteiger partial charge in [-0.3, -0.25) is 4.21 Å². The van der Waals surface area contributed by atoms with Gasteiger partial charge in [0, 0.05) is 53.7 Å². The second kappa shape index (κ2) is 11.8. The van der Waals surface area contributed by atoms with Gasteiger partial charge in [-0.25, -0.2) is 9.98 Å². The number of pyridine rings is 1. The zero-order valence-corrected chi connectivity index (χ0v) is 20.3. The summed E-state index contributed by atoms with van der Waals surface area (Å²) in [5, 5.41) is 7.23. The number of nitrogens with zero attached hydrogens (tertiary/aromatic N) is 3. The number of guanidine groups is 1.